The third-order valence-corrected chi connectivity index (χ3v) is 5.10. The van der Waals surface area contributed by atoms with Crippen molar-refractivity contribution in [3.63, 3.8) is 0 Å². The number of hydrogen-bond donors (Lipinski definition) is 1. The normalized spacial score (nSPS) is 15.4. The first-order valence-electron chi connectivity index (χ1n) is 8.61. The summed E-state index contributed by atoms with van der Waals surface area (Å²) >= 11 is 5.96. The van der Waals surface area contributed by atoms with Crippen LogP contribution in [0.5, 0.6) is 0 Å². The predicted octanol–water partition coefficient (Wildman–Crippen LogP) is 2.18. The third kappa shape index (κ3) is 3.28. The number of rotatable bonds is 2. The molecule has 1 amide bonds. The standard InChI is InChI=1S/C18H18ClN5O3/c1-23-18(20)21-16(22-23)10-4-6-24(7-5-10)17(26)15-9-13(25)12-3-2-11(19)8-14(12)27-15/h2-3,8-10H,4-7H2,1H3,(H2,20,21,22). The lowest BCUT2D eigenvalue weighted by Crippen LogP contribution is -2.38. The van der Waals surface area contributed by atoms with Crippen molar-refractivity contribution in [2.24, 2.45) is 7.05 Å². The quantitative estimate of drug-likeness (QED) is 0.722. The predicted molar refractivity (Wildman–Crippen MR) is 101 cm³/mol. The zero-order chi connectivity index (χ0) is 19.1. The summed E-state index contributed by atoms with van der Waals surface area (Å²) in [5.41, 5.74) is 5.78. The first-order valence-corrected chi connectivity index (χ1v) is 8.99. The van der Waals surface area contributed by atoms with Crippen LogP contribution in [0.2, 0.25) is 5.02 Å². The van der Waals surface area contributed by atoms with Crippen molar-refractivity contribution in [1.82, 2.24) is 19.7 Å². The first-order chi connectivity index (χ1) is 12.9. The molecule has 0 bridgehead atoms. The second-order valence-corrected chi connectivity index (χ2v) is 7.07. The van der Waals surface area contributed by atoms with Crippen LogP contribution in [0.1, 0.15) is 35.1 Å². The summed E-state index contributed by atoms with van der Waals surface area (Å²) < 4.78 is 7.19. The van der Waals surface area contributed by atoms with Crippen LogP contribution < -0.4 is 11.2 Å². The Balaban J connectivity index is 1.52. The average molecular weight is 388 g/mol. The maximum absolute atomic E-state index is 12.8. The number of fused-ring (bicyclic) bond motifs is 1. The average Bonchev–Trinajstić information content (AvgIpc) is 2.99. The number of piperidine rings is 1. The van der Waals surface area contributed by atoms with Crippen molar-refractivity contribution < 1.29 is 9.21 Å². The molecule has 3 aromatic rings. The van der Waals surface area contributed by atoms with Gasteiger partial charge < -0.3 is 15.1 Å². The Hall–Kier alpha value is -2.87. The van der Waals surface area contributed by atoms with E-state index < -0.39 is 0 Å². The fourth-order valence-corrected chi connectivity index (χ4v) is 3.48. The van der Waals surface area contributed by atoms with E-state index in [0.717, 1.165) is 12.8 Å². The van der Waals surface area contributed by atoms with Gasteiger partial charge in [0, 0.05) is 43.2 Å². The molecule has 0 spiro atoms. The Morgan fingerprint density at radius 3 is 2.70 bits per heavy atom. The maximum atomic E-state index is 12.8. The van der Waals surface area contributed by atoms with E-state index in [0.29, 0.717) is 40.9 Å². The summed E-state index contributed by atoms with van der Waals surface area (Å²) in [5.74, 6) is 0.948. The van der Waals surface area contributed by atoms with Crippen LogP contribution in [0.25, 0.3) is 11.0 Å². The molecule has 2 N–H and O–H groups in total. The maximum Gasteiger partial charge on any atom is 0.289 e. The van der Waals surface area contributed by atoms with Gasteiger partial charge in [0.05, 0.1) is 5.39 Å². The van der Waals surface area contributed by atoms with Crippen LogP contribution in [0.3, 0.4) is 0 Å². The van der Waals surface area contributed by atoms with Crippen molar-refractivity contribution in [2.45, 2.75) is 18.8 Å². The highest BCUT2D eigenvalue weighted by molar-refractivity contribution is 6.31. The first kappa shape index (κ1) is 17.5. The van der Waals surface area contributed by atoms with Gasteiger partial charge in [-0.2, -0.15) is 10.1 Å². The van der Waals surface area contributed by atoms with Crippen LogP contribution in [0.15, 0.2) is 33.5 Å². The van der Waals surface area contributed by atoms with Gasteiger partial charge in [-0.25, -0.2) is 4.68 Å². The van der Waals surface area contributed by atoms with Crippen LogP contribution in [0, 0.1) is 0 Å². The summed E-state index contributed by atoms with van der Waals surface area (Å²) in [6.07, 6.45) is 1.44. The molecular weight excluding hydrogens is 370 g/mol. The molecule has 0 atom stereocenters. The summed E-state index contributed by atoms with van der Waals surface area (Å²) in [7, 11) is 1.75. The molecule has 0 saturated carbocycles. The van der Waals surface area contributed by atoms with Gasteiger partial charge >= 0.3 is 0 Å². The largest absolute Gasteiger partial charge is 0.451 e. The van der Waals surface area contributed by atoms with E-state index >= 15 is 0 Å². The fourth-order valence-electron chi connectivity index (χ4n) is 3.32. The lowest BCUT2D eigenvalue weighted by atomic mass is 9.96. The van der Waals surface area contributed by atoms with Gasteiger partial charge in [0.25, 0.3) is 5.91 Å². The molecular formula is C18H18ClN5O3. The number of benzene rings is 1. The highest BCUT2D eigenvalue weighted by Crippen LogP contribution is 2.27. The molecule has 1 aromatic carbocycles. The van der Waals surface area contributed by atoms with Crippen molar-refractivity contribution in [1.29, 1.82) is 0 Å². The van der Waals surface area contributed by atoms with Crippen LogP contribution in [-0.2, 0) is 7.05 Å². The van der Waals surface area contributed by atoms with Crippen LogP contribution in [-0.4, -0.2) is 38.7 Å². The van der Waals surface area contributed by atoms with Gasteiger partial charge in [-0.15, -0.1) is 0 Å². The lowest BCUT2D eigenvalue weighted by Gasteiger charge is -2.30. The minimum atomic E-state index is -0.305. The number of anilines is 1. The molecule has 4 rings (SSSR count). The second kappa shape index (κ2) is 6.70. The van der Waals surface area contributed by atoms with Gasteiger partial charge in [-0.3, -0.25) is 9.59 Å². The van der Waals surface area contributed by atoms with E-state index in [1.807, 2.05) is 0 Å². The number of nitrogens with zero attached hydrogens (tertiary/aromatic N) is 4. The molecule has 0 radical (unpaired) electrons. The number of aromatic nitrogens is 3. The molecule has 0 aliphatic carbocycles. The second-order valence-electron chi connectivity index (χ2n) is 6.63. The lowest BCUT2D eigenvalue weighted by molar-refractivity contribution is 0.0679. The Kier molecular flexibility index (Phi) is 4.35. The summed E-state index contributed by atoms with van der Waals surface area (Å²) in [4.78, 5) is 31.0. The number of carbonyl (C=O) groups excluding carboxylic acids is 1. The monoisotopic (exact) mass is 387 g/mol. The van der Waals surface area contributed by atoms with Crippen LogP contribution >= 0.6 is 11.6 Å². The Morgan fingerprint density at radius 2 is 2.04 bits per heavy atom. The molecule has 8 nitrogen and oxygen atoms in total. The van der Waals surface area contributed by atoms with Crippen molar-refractivity contribution >= 4 is 34.4 Å². The molecule has 1 aliphatic heterocycles. The van der Waals surface area contributed by atoms with E-state index in [1.165, 1.54) is 6.07 Å². The van der Waals surface area contributed by atoms with E-state index in [2.05, 4.69) is 10.1 Å². The number of carbonyl (C=O) groups is 1. The SMILES string of the molecule is Cn1nc(C2CCN(C(=O)c3cc(=O)c4ccc(Cl)cc4o3)CC2)nc1N. The van der Waals surface area contributed by atoms with Gasteiger partial charge in [0.2, 0.25) is 5.95 Å². The smallest absolute Gasteiger partial charge is 0.289 e. The molecule has 2 aromatic heterocycles. The molecule has 27 heavy (non-hydrogen) atoms. The summed E-state index contributed by atoms with van der Waals surface area (Å²) in [6, 6.07) is 5.99. The van der Waals surface area contributed by atoms with E-state index in [1.54, 1.807) is 34.8 Å². The number of nitrogens with two attached hydrogens (primary N) is 1. The number of aryl methyl sites for hydroxylation is 1. The summed E-state index contributed by atoms with van der Waals surface area (Å²) in [5, 5.41) is 5.16. The molecule has 1 saturated heterocycles. The zero-order valence-electron chi connectivity index (χ0n) is 14.7. The van der Waals surface area contributed by atoms with Gasteiger partial charge in [-0.1, -0.05) is 11.6 Å². The highest BCUT2D eigenvalue weighted by Gasteiger charge is 2.28. The number of hydrogen-bond acceptors (Lipinski definition) is 6. The number of likely N-dealkylation sites (tertiary alicyclic amines) is 1. The fraction of sp³-hybridized carbons (Fsp3) is 0.333. The van der Waals surface area contributed by atoms with Gasteiger partial charge in [-0.05, 0) is 25.0 Å². The molecule has 0 unspecified atom stereocenters. The topological polar surface area (TPSA) is 107 Å². The Labute approximate surface area is 159 Å². The number of amides is 1. The van der Waals surface area contributed by atoms with Crippen molar-refractivity contribution in [2.75, 3.05) is 18.8 Å². The highest BCUT2D eigenvalue weighted by atomic mass is 35.5. The van der Waals surface area contributed by atoms with Gasteiger partial charge in [0.1, 0.15) is 5.58 Å². The summed E-state index contributed by atoms with van der Waals surface area (Å²) in [6.45, 7) is 1.05. The molecule has 1 fully saturated rings. The minimum absolute atomic E-state index is 0.0217. The Bertz CT molecular complexity index is 1060. The number of nitrogen functional groups attached to an aromatic ring is 1. The van der Waals surface area contributed by atoms with Crippen LogP contribution in [0.4, 0.5) is 5.95 Å². The van der Waals surface area contributed by atoms with Crippen molar-refractivity contribution in [3.05, 3.63) is 51.1 Å². The Morgan fingerprint density at radius 1 is 1.30 bits per heavy atom. The number of halogens is 1. The molecule has 140 valence electrons. The van der Waals surface area contributed by atoms with E-state index in [-0.39, 0.29) is 23.0 Å². The van der Waals surface area contributed by atoms with E-state index in [4.69, 9.17) is 21.8 Å². The van der Waals surface area contributed by atoms with E-state index in [9.17, 15) is 9.59 Å². The van der Waals surface area contributed by atoms with Gasteiger partial charge in [0.15, 0.2) is 17.0 Å². The van der Waals surface area contributed by atoms with Crippen molar-refractivity contribution in [3.8, 4) is 0 Å². The third-order valence-electron chi connectivity index (χ3n) is 4.86. The molecule has 3 heterocycles. The molecule has 1 aliphatic rings. The zero-order valence-corrected chi connectivity index (χ0v) is 15.4. The minimum Gasteiger partial charge on any atom is -0.451 e. The molecule has 9 heteroatoms.